The summed E-state index contributed by atoms with van der Waals surface area (Å²) >= 11 is 3.44. The van der Waals surface area contributed by atoms with Gasteiger partial charge in [-0.3, -0.25) is 9.36 Å². The first-order chi connectivity index (χ1) is 19.1. The standard InChI is InChI=1S/C33H29BrN2O3/c1-24-35-32-20-13-27(34)23-31(32)33(37)36(24)28-14-18-30(19-15-28)39-22-6-21-38-29-16-11-26(12-17-29)10-5-9-25-7-3-2-4-8-25/h2-5,7-9,11-20,23H,6,10,21-22H2,1H3. The number of benzene rings is 4. The van der Waals surface area contributed by atoms with Crippen molar-refractivity contribution in [3.8, 4) is 17.2 Å². The third kappa shape index (κ3) is 6.84. The summed E-state index contributed by atoms with van der Waals surface area (Å²) in [5.41, 5.74) is 3.79. The van der Waals surface area contributed by atoms with Crippen molar-refractivity contribution >= 4 is 32.9 Å². The molecule has 5 rings (SSSR count). The highest BCUT2D eigenvalue weighted by molar-refractivity contribution is 9.10. The summed E-state index contributed by atoms with van der Waals surface area (Å²) in [4.78, 5) is 17.7. The SMILES string of the molecule is Cc1nc2ccc(Br)cc2c(=O)n1-c1ccc(OCCCOc2ccc(CC=Cc3ccccc3)cc2)cc1. The van der Waals surface area contributed by atoms with Crippen molar-refractivity contribution in [2.24, 2.45) is 0 Å². The average Bonchev–Trinajstić information content (AvgIpc) is 2.95. The molecule has 0 amide bonds. The van der Waals surface area contributed by atoms with E-state index in [4.69, 9.17) is 9.47 Å². The Labute approximate surface area is 236 Å². The fourth-order valence-electron chi connectivity index (χ4n) is 4.32. The maximum atomic E-state index is 13.1. The Hall–Kier alpha value is -4.16. The van der Waals surface area contributed by atoms with Gasteiger partial charge in [0, 0.05) is 10.9 Å². The largest absolute Gasteiger partial charge is 0.493 e. The summed E-state index contributed by atoms with van der Waals surface area (Å²) < 4.78 is 14.2. The zero-order valence-corrected chi connectivity index (χ0v) is 23.3. The molecule has 0 aliphatic carbocycles. The van der Waals surface area contributed by atoms with Crippen molar-refractivity contribution in [3.63, 3.8) is 0 Å². The number of hydrogen-bond donors (Lipinski definition) is 0. The molecule has 0 aliphatic heterocycles. The quantitative estimate of drug-likeness (QED) is 0.160. The molecular formula is C33H29BrN2O3. The van der Waals surface area contributed by atoms with Gasteiger partial charge in [0.25, 0.3) is 5.56 Å². The Bertz CT molecular complexity index is 1630. The van der Waals surface area contributed by atoms with Gasteiger partial charge in [-0.05, 0) is 79.1 Å². The van der Waals surface area contributed by atoms with Gasteiger partial charge in [-0.25, -0.2) is 4.98 Å². The van der Waals surface area contributed by atoms with Gasteiger partial charge in [0.1, 0.15) is 17.3 Å². The van der Waals surface area contributed by atoms with Gasteiger partial charge in [-0.1, -0.05) is 70.5 Å². The Balaban J connectivity index is 1.09. The third-order valence-electron chi connectivity index (χ3n) is 6.31. The lowest BCUT2D eigenvalue weighted by Crippen LogP contribution is -2.22. The first kappa shape index (κ1) is 26.4. The number of nitrogens with zero attached hydrogens (tertiary/aromatic N) is 2. The number of hydrogen-bond acceptors (Lipinski definition) is 4. The number of halogens is 1. The van der Waals surface area contributed by atoms with Crippen LogP contribution in [-0.4, -0.2) is 22.8 Å². The lowest BCUT2D eigenvalue weighted by Gasteiger charge is -2.12. The molecule has 0 spiro atoms. The summed E-state index contributed by atoms with van der Waals surface area (Å²) in [5, 5.41) is 0.574. The molecule has 0 unspecified atom stereocenters. The molecule has 0 aliphatic rings. The minimum Gasteiger partial charge on any atom is -0.493 e. The van der Waals surface area contributed by atoms with E-state index in [-0.39, 0.29) is 5.56 Å². The normalized spacial score (nSPS) is 11.2. The molecule has 0 saturated carbocycles. The van der Waals surface area contributed by atoms with E-state index in [0.717, 1.165) is 34.5 Å². The molecule has 1 heterocycles. The lowest BCUT2D eigenvalue weighted by molar-refractivity contribution is 0.247. The zero-order chi connectivity index (χ0) is 27.0. The summed E-state index contributed by atoms with van der Waals surface area (Å²) in [7, 11) is 0. The highest BCUT2D eigenvalue weighted by Crippen LogP contribution is 2.20. The van der Waals surface area contributed by atoms with Crippen LogP contribution in [0.5, 0.6) is 11.5 Å². The predicted octanol–water partition coefficient (Wildman–Crippen LogP) is 7.56. The molecule has 0 atom stereocenters. The van der Waals surface area contributed by atoms with Crippen molar-refractivity contribution < 1.29 is 9.47 Å². The first-order valence-corrected chi connectivity index (χ1v) is 13.7. The van der Waals surface area contributed by atoms with E-state index in [1.54, 1.807) is 10.6 Å². The summed E-state index contributed by atoms with van der Waals surface area (Å²) in [6.07, 6.45) is 5.95. The predicted molar refractivity (Wildman–Crippen MR) is 161 cm³/mol. The van der Waals surface area contributed by atoms with E-state index in [1.165, 1.54) is 11.1 Å². The first-order valence-electron chi connectivity index (χ1n) is 12.9. The van der Waals surface area contributed by atoms with Crippen LogP contribution in [0.2, 0.25) is 0 Å². The minimum atomic E-state index is -0.0960. The number of fused-ring (bicyclic) bond motifs is 1. The number of ether oxygens (including phenoxy) is 2. The van der Waals surface area contributed by atoms with Crippen molar-refractivity contribution in [1.29, 1.82) is 0 Å². The molecule has 1 aromatic heterocycles. The van der Waals surface area contributed by atoms with Gasteiger partial charge < -0.3 is 9.47 Å². The number of aryl methyl sites for hydroxylation is 1. The Morgan fingerprint density at radius 3 is 2.21 bits per heavy atom. The van der Waals surface area contributed by atoms with Gasteiger partial charge in [-0.15, -0.1) is 0 Å². The van der Waals surface area contributed by atoms with Crippen molar-refractivity contribution in [3.05, 3.63) is 135 Å². The second-order valence-electron chi connectivity index (χ2n) is 9.17. The number of rotatable bonds is 10. The molecule has 4 aromatic carbocycles. The van der Waals surface area contributed by atoms with Crippen LogP contribution >= 0.6 is 15.9 Å². The van der Waals surface area contributed by atoms with Crippen LogP contribution in [0.4, 0.5) is 0 Å². The third-order valence-corrected chi connectivity index (χ3v) is 6.80. The lowest BCUT2D eigenvalue weighted by atomic mass is 10.1. The fraction of sp³-hybridized carbons (Fsp3) is 0.152. The van der Waals surface area contributed by atoms with E-state index in [0.29, 0.717) is 29.9 Å². The Morgan fingerprint density at radius 2 is 1.51 bits per heavy atom. The van der Waals surface area contributed by atoms with Crippen LogP contribution in [0.1, 0.15) is 23.4 Å². The summed E-state index contributed by atoms with van der Waals surface area (Å²) in [6.45, 7) is 2.94. The van der Waals surface area contributed by atoms with Crippen LogP contribution in [0.25, 0.3) is 22.7 Å². The molecule has 0 radical (unpaired) electrons. The van der Waals surface area contributed by atoms with Crippen LogP contribution < -0.4 is 15.0 Å². The molecule has 6 heteroatoms. The molecule has 196 valence electrons. The highest BCUT2D eigenvalue weighted by atomic mass is 79.9. The number of aromatic nitrogens is 2. The molecule has 39 heavy (non-hydrogen) atoms. The van der Waals surface area contributed by atoms with E-state index in [1.807, 2.05) is 73.7 Å². The highest BCUT2D eigenvalue weighted by Gasteiger charge is 2.10. The van der Waals surface area contributed by atoms with Gasteiger partial charge in [0.15, 0.2) is 0 Å². The number of allylic oxidation sites excluding steroid dienone is 1. The Kier molecular flexibility index (Phi) is 8.54. The molecule has 0 fully saturated rings. The molecule has 0 saturated heterocycles. The second kappa shape index (κ2) is 12.6. The van der Waals surface area contributed by atoms with Crippen LogP contribution in [0.3, 0.4) is 0 Å². The average molecular weight is 582 g/mol. The zero-order valence-electron chi connectivity index (χ0n) is 21.7. The van der Waals surface area contributed by atoms with Crippen molar-refractivity contribution in [2.45, 2.75) is 19.8 Å². The monoisotopic (exact) mass is 580 g/mol. The maximum absolute atomic E-state index is 13.1. The topological polar surface area (TPSA) is 53.4 Å². The minimum absolute atomic E-state index is 0.0960. The fourth-order valence-corrected chi connectivity index (χ4v) is 4.68. The van der Waals surface area contributed by atoms with Crippen LogP contribution in [0.15, 0.2) is 112 Å². The molecular weight excluding hydrogens is 552 g/mol. The molecule has 5 nitrogen and oxygen atoms in total. The summed E-state index contributed by atoms with van der Waals surface area (Å²) in [6, 6.07) is 31.6. The van der Waals surface area contributed by atoms with Gasteiger partial charge in [-0.2, -0.15) is 0 Å². The summed E-state index contributed by atoms with van der Waals surface area (Å²) in [5.74, 6) is 2.23. The maximum Gasteiger partial charge on any atom is 0.265 e. The van der Waals surface area contributed by atoms with Gasteiger partial charge in [0.05, 0.1) is 29.8 Å². The van der Waals surface area contributed by atoms with Crippen LogP contribution in [-0.2, 0) is 6.42 Å². The van der Waals surface area contributed by atoms with E-state index >= 15 is 0 Å². The van der Waals surface area contributed by atoms with Crippen LogP contribution in [0, 0.1) is 6.92 Å². The second-order valence-corrected chi connectivity index (χ2v) is 10.1. The van der Waals surface area contributed by atoms with E-state index in [2.05, 4.69) is 57.3 Å². The van der Waals surface area contributed by atoms with Crippen molar-refractivity contribution in [1.82, 2.24) is 9.55 Å². The van der Waals surface area contributed by atoms with Gasteiger partial charge in [0.2, 0.25) is 0 Å². The van der Waals surface area contributed by atoms with Crippen molar-refractivity contribution in [2.75, 3.05) is 13.2 Å². The van der Waals surface area contributed by atoms with E-state index < -0.39 is 0 Å². The smallest absolute Gasteiger partial charge is 0.265 e. The molecule has 0 bridgehead atoms. The van der Waals surface area contributed by atoms with Gasteiger partial charge >= 0.3 is 0 Å². The van der Waals surface area contributed by atoms with E-state index in [9.17, 15) is 4.79 Å². The Morgan fingerprint density at radius 1 is 0.846 bits per heavy atom. The molecule has 5 aromatic rings. The molecule has 0 N–H and O–H groups in total.